The Labute approximate surface area is 139 Å². The number of hydrogen-bond donors (Lipinski definition) is 1. The van der Waals surface area contributed by atoms with Crippen LogP contribution in [0.2, 0.25) is 0 Å². The topological polar surface area (TPSA) is 37.6 Å². The molecule has 0 aliphatic rings. The fraction of sp³-hybridized carbons (Fsp3) is 0.474. The highest BCUT2D eigenvalue weighted by Crippen LogP contribution is 2.12. The van der Waals surface area contributed by atoms with Gasteiger partial charge in [0.15, 0.2) is 0 Å². The molecule has 23 heavy (non-hydrogen) atoms. The van der Waals surface area contributed by atoms with Crippen molar-refractivity contribution in [3.8, 4) is 5.75 Å². The Hall–Kier alpha value is -1.78. The van der Waals surface area contributed by atoms with Crippen LogP contribution in [0.15, 0.2) is 40.8 Å². The Bertz CT molecular complexity index is 559. The molecule has 2 aromatic rings. The Morgan fingerprint density at radius 3 is 2.35 bits per heavy atom. The van der Waals surface area contributed by atoms with E-state index in [-0.39, 0.29) is 0 Å². The van der Waals surface area contributed by atoms with Crippen molar-refractivity contribution in [1.29, 1.82) is 0 Å². The van der Waals surface area contributed by atoms with Crippen molar-refractivity contribution in [1.82, 2.24) is 10.2 Å². The number of rotatable bonds is 10. The van der Waals surface area contributed by atoms with Gasteiger partial charge in [0, 0.05) is 13.1 Å². The molecule has 1 aromatic carbocycles. The maximum absolute atomic E-state index is 5.79. The summed E-state index contributed by atoms with van der Waals surface area (Å²) in [4.78, 5) is 2.36. The normalized spacial score (nSPS) is 11.1. The van der Waals surface area contributed by atoms with Crippen molar-refractivity contribution >= 4 is 0 Å². The summed E-state index contributed by atoms with van der Waals surface area (Å²) in [6.07, 6.45) is 0. The molecule has 0 fully saturated rings. The molecular weight excluding hydrogens is 288 g/mol. The second kappa shape index (κ2) is 9.38. The molecule has 0 saturated heterocycles. The summed E-state index contributed by atoms with van der Waals surface area (Å²) in [7, 11) is 0. The van der Waals surface area contributed by atoms with Gasteiger partial charge in [0.25, 0.3) is 0 Å². The zero-order valence-electron chi connectivity index (χ0n) is 14.5. The van der Waals surface area contributed by atoms with Gasteiger partial charge in [-0.05, 0) is 49.8 Å². The SMILES string of the molecule is CCN(CC)CCOc1ccc(CNCc2ccc(C)o2)cc1. The first-order chi connectivity index (χ1) is 11.2. The molecule has 0 amide bonds. The minimum atomic E-state index is 0.733. The average Bonchev–Trinajstić information content (AvgIpc) is 2.98. The molecule has 0 bridgehead atoms. The van der Waals surface area contributed by atoms with Gasteiger partial charge in [-0.15, -0.1) is 0 Å². The number of benzene rings is 1. The fourth-order valence-corrected chi connectivity index (χ4v) is 2.45. The molecule has 0 spiro atoms. The van der Waals surface area contributed by atoms with E-state index in [1.165, 1.54) is 5.56 Å². The van der Waals surface area contributed by atoms with E-state index in [1.54, 1.807) is 0 Å². The first-order valence-electron chi connectivity index (χ1n) is 8.41. The van der Waals surface area contributed by atoms with E-state index in [0.717, 1.165) is 56.6 Å². The molecule has 0 radical (unpaired) electrons. The van der Waals surface area contributed by atoms with Crippen LogP contribution < -0.4 is 10.1 Å². The van der Waals surface area contributed by atoms with E-state index in [2.05, 4.69) is 36.2 Å². The van der Waals surface area contributed by atoms with Crippen LogP contribution in [0.3, 0.4) is 0 Å². The van der Waals surface area contributed by atoms with Crippen molar-refractivity contribution in [2.75, 3.05) is 26.2 Å². The fourth-order valence-electron chi connectivity index (χ4n) is 2.45. The van der Waals surface area contributed by atoms with Gasteiger partial charge in [0.2, 0.25) is 0 Å². The van der Waals surface area contributed by atoms with Crippen LogP contribution in [0.1, 0.15) is 30.9 Å². The summed E-state index contributed by atoms with van der Waals surface area (Å²) in [5, 5.41) is 3.38. The molecule has 4 heteroatoms. The summed E-state index contributed by atoms with van der Waals surface area (Å²) in [5.41, 5.74) is 1.24. The highest BCUT2D eigenvalue weighted by molar-refractivity contribution is 5.27. The van der Waals surface area contributed by atoms with E-state index in [1.807, 2.05) is 31.2 Å². The third-order valence-electron chi connectivity index (χ3n) is 3.92. The third-order valence-corrected chi connectivity index (χ3v) is 3.92. The molecule has 0 unspecified atom stereocenters. The number of nitrogens with zero attached hydrogens (tertiary/aromatic N) is 1. The highest BCUT2D eigenvalue weighted by Gasteiger charge is 2.01. The van der Waals surface area contributed by atoms with Crippen LogP contribution >= 0.6 is 0 Å². The molecule has 1 N–H and O–H groups in total. The molecule has 0 atom stereocenters. The van der Waals surface area contributed by atoms with Gasteiger partial charge >= 0.3 is 0 Å². The van der Waals surface area contributed by atoms with E-state index in [4.69, 9.17) is 9.15 Å². The van der Waals surface area contributed by atoms with Crippen LogP contribution in [0, 0.1) is 6.92 Å². The largest absolute Gasteiger partial charge is 0.492 e. The Kier molecular flexibility index (Phi) is 7.17. The van der Waals surface area contributed by atoms with Gasteiger partial charge in [-0.1, -0.05) is 26.0 Å². The van der Waals surface area contributed by atoms with E-state index >= 15 is 0 Å². The molecule has 1 aromatic heterocycles. The first-order valence-corrected chi connectivity index (χ1v) is 8.41. The zero-order valence-corrected chi connectivity index (χ0v) is 14.5. The van der Waals surface area contributed by atoms with Gasteiger partial charge < -0.3 is 19.4 Å². The Morgan fingerprint density at radius 1 is 1.00 bits per heavy atom. The first kappa shape index (κ1) is 17.6. The number of furan rings is 1. The second-order valence-electron chi connectivity index (χ2n) is 5.64. The standard InChI is InChI=1S/C19H28N2O2/c1-4-21(5-2)12-13-22-18-10-7-17(8-11-18)14-20-15-19-9-6-16(3)23-19/h6-11,20H,4-5,12-15H2,1-3H3. The predicted molar refractivity (Wildman–Crippen MR) is 93.7 cm³/mol. The molecule has 4 nitrogen and oxygen atoms in total. The molecular formula is C19H28N2O2. The summed E-state index contributed by atoms with van der Waals surface area (Å²) in [5.74, 6) is 2.86. The Morgan fingerprint density at radius 2 is 1.74 bits per heavy atom. The van der Waals surface area contributed by atoms with Crippen LogP contribution in [0.25, 0.3) is 0 Å². The van der Waals surface area contributed by atoms with E-state index < -0.39 is 0 Å². The quantitative estimate of drug-likeness (QED) is 0.727. The lowest BCUT2D eigenvalue weighted by molar-refractivity contribution is 0.223. The molecule has 0 aliphatic carbocycles. The van der Waals surface area contributed by atoms with Gasteiger partial charge in [-0.3, -0.25) is 0 Å². The summed E-state index contributed by atoms with van der Waals surface area (Å²) in [6, 6.07) is 12.3. The minimum absolute atomic E-state index is 0.733. The zero-order chi connectivity index (χ0) is 16.5. The monoisotopic (exact) mass is 316 g/mol. The molecule has 1 heterocycles. The summed E-state index contributed by atoms with van der Waals surface area (Å²) < 4.78 is 11.3. The van der Waals surface area contributed by atoms with Gasteiger partial charge in [0.1, 0.15) is 23.9 Å². The number of hydrogen-bond acceptors (Lipinski definition) is 4. The van der Waals surface area contributed by atoms with Crippen LogP contribution in [-0.2, 0) is 13.1 Å². The molecule has 2 rings (SSSR count). The molecule has 0 aliphatic heterocycles. The van der Waals surface area contributed by atoms with Crippen molar-refractivity contribution in [3.63, 3.8) is 0 Å². The predicted octanol–water partition coefficient (Wildman–Crippen LogP) is 3.60. The van der Waals surface area contributed by atoms with E-state index in [9.17, 15) is 0 Å². The second-order valence-corrected chi connectivity index (χ2v) is 5.64. The highest BCUT2D eigenvalue weighted by atomic mass is 16.5. The number of nitrogens with one attached hydrogen (secondary N) is 1. The molecule has 126 valence electrons. The summed E-state index contributed by atoms with van der Waals surface area (Å²) >= 11 is 0. The van der Waals surface area contributed by atoms with Crippen LogP contribution in [0.4, 0.5) is 0 Å². The van der Waals surface area contributed by atoms with E-state index in [0.29, 0.717) is 0 Å². The van der Waals surface area contributed by atoms with Crippen molar-refractivity contribution in [3.05, 3.63) is 53.5 Å². The van der Waals surface area contributed by atoms with Gasteiger partial charge in [0.05, 0.1) is 6.54 Å². The third kappa shape index (κ3) is 6.08. The lowest BCUT2D eigenvalue weighted by atomic mass is 10.2. The van der Waals surface area contributed by atoms with Gasteiger partial charge in [-0.25, -0.2) is 0 Å². The van der Waals surface area contributed by atoms with Crippen molar-refractivity contribution in [2.45, 2.75) is 33.9 Å². The lowest BCUT2D eigenvalue weighted by Crippen LogP contribution is -2.27. The molecule has 0 saturated carbocycles. The maximum Gasteiger partial charge on any atom is 0.119 e. The van der Waals surface area contributed by atoms with Crippen LogP contribution in [-0.4, -0.2) is 31.1 Å². The maximum atomic E-state index is 5.79. The number of likely N-dealkylation sites (N-methyl/N-ethyl adjacent to an activating group) is 1. The van der Waals surface area contributed by atoms with Crippen molar-refractivity contribution < 1.29 is 9.15 Å². The number of ether oxygens (including phenoxy) is 1. The average molecular weight is 316 g/mol. The minimum Gasteiger partial charge on any atom is -0.492 e. The Balaban J connectivity index is 1.69. The van der Waals surface area contributed by atoms with Crippen molar-refractivity contribution in [2.24, 2.45) is 0 Å². The van der Waals surface area contributed by atoms with Gasteiger partial charge in [-0.2, -0.15) is 0 Å². The number of aryl methyl sites for hydroxylation is 1. The lowest BCUT2D eigenvalue weighted by Gasteiger charge is -2.18. The van der Waals surface area contributed by atoms with Crippen LogP contribution in [0.5, 0.6) is 5.75 Å². The smallest absolute Gasteiger partial charge is 0.119 e. The summed E-state index contributed by atoms with van der Waals surface area (Å²) in [6.45, 7) is 11.7.